The molecule has 4 aromatic rings. The first-order valence-electron chi connectivity index (χ1n) is 13.1. The van der Waals surface area contributed by atoms with Crippen molar-refractivity contribution < 1.29 is 28.5 Å². The van der Waals surface area contributed by atoms with Crippen LogP contribution in [0.5, 0.6) is 17.2 Å². The Hall–Kier alpha value is -4.96. The highest BCUT2D eigenvalue weighted by Gasteiger charge is 2.35. The predicted octanol–water partition coefficient (Wildman–Crippen LogP) is 3.88. The van der Waals surface area contributed by atoms with Crippen molar-refractivity contribution in [1.29, 1.82) is 0 Å². The summed E-state index contributed by atoms with van der Waals surface area (Å²) in [7, 11) is 3.06. The summed E-state index contributed by atoms with van der Waals surface area (Å²) < 4.78 is 23.5. The van der Waals surface area contributed by atoms with Crippen molar-refractivity contribution in [3.8, 4) is 17.2 Å². The summed E-state index contributed by atoms with van der Waals surface area (Å²) in [5.41, 5.74) is 2.40. The Labute approximate surface area is 245 Å². The fourth-order valence-corrected chi connectivity index (χ4v) is 5.73. The lowest BCUT2D eigenvalue weighted by atomic mass is 9.93. The van der Waals surface area contributed by atoms with Crippen LogP contribution in [-0.2, 0) is 14.3 Å². The van der Waals surface area contributed by atoms with Gasteiger partial charge in [0.2, 0.25) is 0 Å². The van der Waals surface area contributed by atoms with E-state index in [-0.39, 0.29) is 17.7 Å². The zero-order valence-electron chi connectivity index (χ0n) is 23.5. The van der Waals surface area contributed by atoms with Crippen LogP contribution >= 0.6 is 11.3 Å². The second-order valence-electron chi connectivity index (χ2n) is 9.21. The predicted molar refractivity (Wildman–Crippen MR) is 158 cm³/mol. The van der Waals surface area contributed by atoms with Gasteiger partial charge >= 0.3 is 11.9 Å². The standard InChI is InChI=1S/C32H28N2O7S/c1-5-40-31(37)27-28(21-9-7-6-8-10-21)33-32-34(29(27)22-13-16-24(38-3)25(18-22)39-4)30(36)26(42-32)17-20-11-14-23(15-12-20)41-19(2)35/h6-18,29H,5H2,1-4H3/b26-17-/t29-/m0/s1. The van der Waals surface area contributed by atoms with Crippen LogP contribution in [0.25, 0.3) is 11.8 Å². The number of hydrogen-bond acceptors (Lipinski definition) is 9. The summed E-state index contributed by atoms with van der Waals surface area (Å²) in [6, 6.07) is 20.6. The first kappa shape index (κ1) is 28.6. The van der Waals surface area contributed by atoms with Gasteiger partial charge in [0.1, 0.15) is 5.75 Å². The third kappa shape index (κ3) is 5.61. The Morgan fingerprint density at radius 1 is 0.976 bits per heavy atom. The zero-order valence-corrected chi connectivity index (χ0v) is 24.3. The minimum atomic E-state index is -0.858. The molecular weight excluding hydrogens is 556 g/mol. The molecule has 0 saturated heterocycles. The summed E-state index contributed by atoms with van der Waals surface area (Å²) in [6.07, 6.45) is 1.74. The molecule has 1 aromatic heterocycles. The van der Waals surface area contributed by atoms with E-state index in [2.05, 4.69) is 0 Å². The van der Waals surface area contributed by atoms with E-state index in [0.717, 1.165) is 5.56 Å². The van der Waals surface area contributed by atoms with Crippen LogP contribution in [-0.4, -0.2) is 37.3 Å². The summed E-state index contributed by atoms with van der Waals surface area (Å²) >= 11 is 1.21. The average Bonchev–Trinajstić information content (AvgIpc) is 3.31. The van der Waals surface area contributed by atoms with Gasteiger partial charge in [-0.15, -0.1) is 0 Å². The minimum Gasteiger partial charge on any atom is -0.493 e. The maximum atomic E-state index is 14.0. The molecule has 0 amide bonds. The average molecular weight is 585 g/mol. The Morgan fingerprint density at radius 2 is 1.69 bits per heavy atom. The second kappa shape index (κ2) is 12.3. The van der Waals surface area contributed by atoms with E-state index in [0.29, 0.717) is 43.4 Å². The van der Waals surface area contributed by atoms with Gasteiger partial charge in [-0.25, -0.2) is 9.79 Å². The van der Waals surface area contributed by atoms with Crippen LogP contribution in [0.15, 0.2) is 88.2 Å². The van der Waals surface area contributed by atoms with E-state index in [1.165, 1.54) is 37.0 Å². The van der Waals surface area contributed by atoms with E-state index in [9.17, 15) is 14.4 Å². The highest BCUT2D eigenvalue weighted by atomic mass is 32.1. The zero-order chi connectivity index (χ0) is 29.8. The SMILES string of the molecule is CCOC(=O)C1=C(c2ccccc2)N=c2s/c(=C\c3ccc(OC(C)=O)cc3)c(=O)n2[C@H]1c1ccc(OC)c(OC)c1. The molecule has 1 aliphatic rings. The molecule has 0 N–H and O–H groups in total. The van der Waals surface area contributed by atoms with Crippen LogP contribution in [0.4, 0.5) is 0 Å². The number of ether oxygens (including phenoxy) is 4. The van der Waals surface area contributed by atoms with Crippen LogP contribution in [0.1, 0.15) is 36.6 Å². The van der Waals surface area contributed by atoms with E-state index in [1.807, 2.05) is 30.3 Å². The van der Waals surface area contributed by atoms with Gasteiger partial charge in [0.25, 0.3) is 5.56 Å². The van der Waals surface area contributed by atoms with Crippen molar-refractivity contribution in [3.05, 3.63) is 115 Å². The van der Waals surface area contributed by atoms with Crippen molar-refractivity contribution in [2.24, 2.45) is 4.99 Å². The Balaban J connectivity index is 1.77. The molecule has 0 unspecified atom stereocenters. The van der Waals surface area contributed by atoms with E-state index < -0.39 is 18.0 Å². The van der Waals surface area contributed by atoms with Gasteiger partial charge in [-0.1, -0.05) is 59.9 Å². The minimum absolute atomic E-state index is 0.150. The molecule has 3 aromatic carbocycles. The third-order valence-corrected chi connectivity index (χ3v) is 7.52. The van der Waals surface area contributed by atoms with Crippen LogP contribution in [0.3, 0.4) is 0 Å². The number of esters is 2. The lowest BCUT2D eigenvalue weighted by molar-refractivity contribution is -0.139. The number of carbonyl (C=O) groups excluding carboxylic acids is 2. The number of methoxy groups -OCH3 is 2. The smallest absolute Gasteiger partial charge is 0.338 e. The van der Waals surface area contributed by atoms with Gasteiger partial charge in [-0.3, -0.25) is 14.2 Å². The van der Waals surface area contributed by atoms with Crippen LogP contribution in [0.2, 0.25) is 0 Å². The Morgan fingerprint density at radius 3 is 2.33 bits per heavy atom. The van der Waals surface area contributed by atoms with Crippen molar-refractivity contribution >= 4 is 35.0 Å². The monoisotopic (exact) mass is 584 g/mol. The molecule has 214 valence electrons. The molecular formula is C32H28N2O7S. The largest absolute Gasteiger partial charge is 0.493 e. The van der Waals surface area contributed by atoms with Gasteiger partial charge < -0.3 is 18.9 Å². The molecule has 10 heteroatoms. The van der Waals surface area contributed by atoms with E-state index in [1.54, 1.807) is 55.5 Å². The molecule has 9 nitrogen and oxygen atoms in total. The van der Waals surface area contributed by atoms with Gasteiger partial charge in [-0.2, -0.15) is 0 Å². The van der Waals surface area contributed by atoms with E-state index >= 15 is 0 Å². The number of nitrogens with zero attached hydrogens (tertiary/aromatic N) is 2. The van der Waals surface area contributed by atoms with Gasteiger partial charge in [0.05, 0.1) is 42.7 Å². The number of fused-ring (bicyclic) bond motifs is 1. The highest BCUT2D eigenvalue weighted by Crippen LogP contribution is 2.38. The molecule has 1 aliphatic heterocycles. The molecule has 1 atom stereocenters. The number of carbonyl (C=O) groups is 2. The Kier molecular flexibility index (Phi) is 8.35. The molecule has 42 heavy (non-hydrogen) atoms. The Bertz CT molecular complexity index is 1860. The van der Waals surface area contributed by atoms with Crippen molar-refractivity contribution in [1.82, 2.24) is 4.57 Å². The fourth-order valence-electron chi connectivity index (χ4n) is 4.73. The van der Waals surface area contributed by atoms with Gasteiger partial charge in [-0.05, 0) is 48.4 Å². The third-order valence-electron chi connectivity index (χ3n) is 6.54. The normalized spacial score (nSPS) is 14.6. The lowest BCUT2D eigenvalue weighted by Crippen LogP contribution is -2.40. The lowest BCUT2D eigenvalue weighted by Gasteiger charge is -2.26. The van der Waals surface area contributed by atoms with Gasteiger partial charge in [0, 0.05) is 12.5 Å². The van der Waals surface area contributed by atoms with Crippen molar-refractivity contribution in [2.45, 2.75) is 19.9 Å². The number of thiazole rings is 1. The summed E-state index contributed by atoms with van der Waals surface area (Å²) in [6.45, 7) is 3.21. The number of aromatic nitrogens is 1. The molecule has 0 fully saturated rings. The first-order valence-corrected chi connectivity index (χ1v) is 13.9. The summed E-state index contributed by atoms with van der Waals surface area (Å²) in [5, 5.41) is 0. The molecule has 0 bridgehead atoms. The molecule has 2 heterocycles. The van der Waals surface area contributed by atoms with E-state index in [4.69, 9.17) is 23.9 Å². The summed E-state index contributed by atoms with van der Waals surface area (Å²) in [4.78, 5) is 44.2. The first-order chi connectivity index (χ1) is 20.3. The van der Waals surface area contributed by atoms with Crippen molar-refractivity contribution in [2.75, 3.05) is 20.8 Å². The van der Waals surface area contributed by atoms with Crippen LogP contribution < -0.4 is 29.1 Å². The second-order valence-corrected chi connectivity index (χ2v) is 10.2. The molecule has 0 radical (unpaired) electrons. The highest BCUT2D eigenvalue weighted by molar-refractivity contribution is 7.07. The fraction of sp³-hybridized carbons (Fsp3) is 0.188. The maximum absolute atomic E-state index is 14.0. The van der Waals surface area contributed by atoms with Crippen molar-refractivity contribution in [3.63, 3.8) is 0 Å². The molecule has 0 aliphatic carbocycles. The number of rotatable bonds is 8. The molecule has 5 rings (SSSR count). The quantitative estimate of drug-likeness (QED) is 0.229. The topological polar surface area (TPSA) is 105 Å². The van der Waals surface area contributed by atoms with Crippen LogP contribution in [0, 0.1) is 0 Å². The molecule has 0 spiro atoms. The number of hydrogen-bond donors (Lipinski definition) is 0. The molecule has 0 saturated carbocycles. The van der Waals surface area contributed by atoms with Gasteiger partial charge in [0.15, 0.2) is 16.3 Å². The number of benzene rings is 3. The maximum Gasteiger partial charge on any atom is 0.338 e. The summed E-state index contributed by atoms with van der Waals surface area (Å²) in [5.74, 6) is 0.372.